The molecule has 0 spiro atoms. The molecule has 1 fully saturated rings. The molecule has 1 saturated heterocycles. The number of thiazole rings is 1. The zero-order chi connectivity index (χ0) is 17.4. The summed E-state index contributed by atoms with van der Waals surface area (Å²) < 4.78 is 1.81. The van der Waals surface area contributed by atoms with Gasteiger partial charge in [0.25, 0.3) is 0 Å². The Morgan fingerprint density at radius 1 is 1.20 bits per heavy atom. The Hall–Kier alpha value is -2.67. The molecule has 25 heavy (non-hydrogen) atoms. The highest BCUT2D eigenvalue weighted by Gasteiger charge is 2.25. The highest BCUT2D eigenvalue weighted by atomic mass is 32.1. The van der Waals surface area contributed by atoms with E-state index in [4.69, 9.17) is 10.2 Å². The normalized spacial score (nSPS) is 14.2. The molecular formula is C18H18N4O2S. The van der Waals surface area contributed by atoms with Gasteiger partial charge < -0.3 is 10.0 Å². The molecule has 3 aromatic rings. The molecule has 1 N–H and O–H groups in total. The van der Waals surface area contributed by atoms with Crippen molar-refractivity contribution in [1.82, 2.24) is 14.8 Å². The van der Waals surface area contributed by atoms with Gasteiger partial charge in [0.15, 0.2) is 5.69 Å². The maximum Gasteiger partial charge on any atom is 0.355 e. The van der Waals surface area contributed by atoms with E-state index in [1.54, 1.807) is 10.1 Å². The summed E-state index contributed by atoms with van der Waals surface area (Å²) in [5.41, 5.74) is 3.12. The number of benzene rings is 1. The minimum absolute atomic E-state index is 0.0572. The van der Waals surface area contributed by atoms with Gasteiger partial charge >= 0.3 is 5.97 Å². The van der Waals surface area contributed by atoms with E-state index in [9.17, 15) is 4.79 Å². The van der Waals surface area contributed by atoms with Crippen LogP contribution in [0.5, 0.6) is 0 Å². The number of hydrogen-bond acceptors (Lipinski definition) is 5. The van der Waals surface area contributed by atoms with Crippen LogP contribution in [0.4, 0.5) is 5.82 Å². The summed E-state index contributed by atoms with van der Waals surface area (Å²) in [6.07, 6.45) is 2.31. The second-order valence-corrected chi connectivity index (χ2v) is 6.93. The summed E-state index contributed by atoms with van der Waals surface area (Å²) in [6.45, 7) is 4.04. The minimum atomic E-state index is -1.02. The lowest BCUT2D eigenvalue weighted by Crippen LogP contribution is -2.22. The van der Waals surface area contributed by atoms with E-state index < -0.39 is 5.97 Å². The smallest absolute Gasteiger partial charge is 0.355 e. The van der Waals surface area contributed by atoms with Crippen LogP contribution in [0.15, 0.2) is 35.7 Å². The minimum Gasteiger partial charge on any atom is -0.476 e. The molecule has 1 aliphatic heterocycles. The van der Waals surface area contributed by atoms with Crippen LogP contribution in [0.3, 0.4) is 0 Å². The zero-order valence-electron chi connectivity index (χ0n) is 13.8. The van der Waals surface area contributed by atoms with Gasteiger partial charge in [-0.15, -0.1) is 11.3 Å². The van der Waals surface area contributed by atoms with Gasteiger partial charge in [-0.25, -0.2) is 9.78 Å². The predicted molar refractivity (Wildman–Crippen MR) is 97.8 cm³/mol. The number of rotatable bonds is 4. The second-order valence-electron chi connectivity index (χ2n) is 6.09. The number of carboxylic acids is 1. The van der Waals surface area contributed by atoms with Crippen molar-refractivity contribution in [3.8, 4) is 16.4 Å². The van der Waals surface area contributed by atoms with E-state index in [0.29, 0.717) is 5.13 Å². The van der Waals surface area contributed by atoms with Crippen LogP contribution in [-0.2, 0) is 0 Å². The molecule has 0 radical (unpaired) electrons. The standard InChI is InChI=1S/C18H18N4O2S/c1-12-15(13-7-3-2-4-8-13)20-22(16(12)21-9-5-6-10-21)18-19-14(11-25-18)17(23)24/h2-4,7-8,11H,5-6,9-10H2,1H3,(H,23,24). The van der Waals surface area contributed by atoms with Gasteiger partial charge in [-0.2, -0.15) is 9.78 Å². The topological polar surface area (TPSA) is 71.2 Å². The molecule has 4 rings (SSSR count). The van der Waals surface area contributed by atoms with Gasteiger partial charge in [0, 0.05) is 29.6 Å². The first-order chi connectivity index (χ1) is 12.1. The molecular weight excluding hydrogens is 336 g/mol. The first-order valence-corrected chi connectivity index (χ1v) is 9.12. The van der Waals surface area contributed by atoms with Crippen LogP contribution in [0.1, 0.15) is 28.9 Å². The first-order valence-electron chi connectivity index (χ1n) is 8.24. The third-order valence-corrected chi connectivity index (χ3v) is 5.25. The van der Waals surface area contributed by atoms with Gasteiger partial charge in [0.2, 0.25) is 5.13 Å². The van der Waals surface area contributed by atoms with Gasteiger partial charge in [-0.05, 0) is 19.8 Å². The van der Waals surface area contributed by atoms with Crippen molar-refractivity contribution in [2.24, 2.45) is 0 Å². The highest BCUT2D eigenvalue weighted by molar-refractivity contribution is 7.12. The summed E-state index contributed by atoms with van der Waals surface area (Å²) in [7, 11) is 0. The quantitative estimate of drug-likeness (QED) is 0.775. The van der Waals surface area contributed by atoms with Crippen molar-refractivity contribution in [2.45, 2.75) is 19.8 Å². The number of hydrogen-bond donors (Lipinski definition) is 1. The van der Waals surface area contributed by atoms with Crippen molar-refractivity contribution < 1.29 is 9.90 Å². The van der Waals surface area contributed by atoms with E-state index >= 15 is 0 Å². The fourth-order valence-corrected chi connectivity index (χ4v) is 4.00. The molecule has 1 aliphatic rings. The molecule has 2 aromatic heterocycles. The van der Waals surface area contributed by atoms with Crippen molar-refractivity contribution in [3.63, 3.8) is 0 Å². The lowest BCUT2D eigenvalue weighted by atomic mass is 10.1. The highest BCUT2D eigenvalue weighted by Crippen LogP contribution is 2.35. The Kier molecular flexibility index (Phi) is 4.01. The largest absolute Gasteiger partial charge is 0.476 e. The van der Waals surface area contributed by atoms with Crippen molar-refractivity contribution in [3.05, 3.63) is 47.0 Å². The van der Waals surface area contributed by atoms with Crippen molar-refractivity contribution >= 4 is 23.1 Å². The van der Waals surface area contributed by atoms with E-state index in [2.05, 4.69) is 16.8 Å². The van der Waals surface area contributed by atoms with Gasteiger partial charge in [0.05, 0.1) is 5.69 Å². The lowest BCUT2D eigenvalue weighted by molar-refractivity contribution is 0.0691. The van der Waals surface area contributed by atoms with Gasteiger partial charge in [-0.1, -0.05) is 30.3 Å². The molecule has 7 heteroatoms. The van der Waals surface area contributed by atoms with E-state index in [1.807, 2.05) is 30.3 Å². The lowest BCUT2D eigenvalue weighted by Gasteiger charge is -2.19. The van der Waals surface area contributed by atoms with Crippen LogP contribution in [0.2, 0.25) is 0 Å². The van der Waals surface area contributed by atoms with Crippen molar-refractivity contribution in [2.75, 3.05) is 18.0 Å². The molecule has 0 amide bonds. The number of anilines is 1. The Morgan fingerprint density at radius 2 is 1.92 bits per heavy atom. The fourth-order valence-electron chi connectivity index (χ4n) is 3.25. The molecule has 128 valence electrons. The van der Waals surface area contributed by atoms with Gasteiger partial charge in [-0.3, -0.25) is 0 Å². The average Bonchev–Trinajstić information content (AvgIpc) is 3.34. The maximum atomic E-state index is 11.2. The van der Waals surface area contributed by atoms with Gasteiger partial charge in [0.1, 0.15) is 5.82 Å². The Bertz CT molecular complexity index is 911. The summed E-state index contributed by atoms with van der Waals surface area (Å²) >= 11 is 1.30. The molecule has 0 saturated carbocycles. The molecule has 0 unspecified atom stereocenters. The molecule has 3 heterocycles. The summed E-state index contributed by atoms with van der Waals surface area (Å²) in [4.78, 5) is 17.8. The van der Waals surface area contributed by atoms with Crippen molar-refractivity contribution in [1.29, 1.82) is 0 Å². The summed E-state index contributed by atoms with van der Waals surface area (Å²) in [6, 6.07) is 10.1. The molecule has 0 atom stereocenters. The fraction of sp³-hybridized carbons (Fsp3) is 0.278. The van der Waals surface area contributed by atoms with E-state index in [-0.39, 0.29) is 5.69 Å². The maximum absolute atomic E-state index is 11.2. The van der Waals surface area contributed by atoms with Crippen LogP contribution >= 0.6 is 11.3 Å². The van der Waals surface area contributed by atoms with E-state index in [0.717, 1.165) is 48.6 Å². The SMILES string of the molecule is Cc1c(-c2ccccc2)nn(-c2nc(C(=O)O)cs2)c1N1CCCC1. The Morgan fingerprint density at radius 3 is 2.56 bits per heavy atom. The van der Waals surface area contributed by atoms with E-state index in [1.165, 1.54) is 11.3 Å². The number of aromatic carboxylic acids is 1. The van der Waals surface area contributed by atoms with Crippen LogP contribution in [0, 0.1) is 6.92 Å². The Labute approximate surface area is 149 Å². The molecule has 0 bridgehead atoms. The zero-order valence-corrected chi connectivity index (χ0v) is 14.7. The number of carboxylic acid groups (broad SMARTS) is 1. The first kappa shape index (κ1) is 15.8. The molecule has 0 aliphatic carbocycles. The Balaban J connectivity index is 1.87. The van der Waals surface area contributed by atoms with Crippen LogP contribution in [0.25, 0.3) is 16.4 Å². The summed E-state index contributed by atoms with van der Waals surface area (Å²) in [5.74, 6) is 0.0000234. The third-order valence-electron chi connectivity index (χ3n) is 4.44. The van der Waals surface area contributed by atoms with Crippen LogP contribution < -0.4 is 4.90 Å². The number of aromatic nitrogens is 3. The predicted octanol–water partition coefficient (Wildman–Crippen LogP) is 3.60. The summed E-state index contributed by atoms with van der Waals surface area (Å²) in [5, 5.41) is 16.1. The average molecular weight is 354 g/mol. The third kappa shape index (κ3) is 2.80. The second kappa shape index (κ2) is 6.33. The number of nitrogens with zero attached hydrogens (tertiary/aromatic N) is 4. The monoisotopic (exact) mass is 354 g/mol. The van der Waals surface area contributed by atoms with Crippen LogP contribution in [-0.4, -0.2) is 38.9 Å². The number of carbonyl (C=O) groups is 1. The molecule has 6 nitrogen and oxygen atoms in total. The molecule has 1 aromatic carbocycles.